The molecule has 22 heavy (non-hydrogen) atoms. The number of nitrogens with zero attached hydrogens (tertiary/aromatic N) is 1. The van der Waals surface area contributed by atoms with Gasteiger partial charge in [0.1, 0.15) is 12.4 Å². The van der Waals surface area contributed by atoms with Crippen LogP contribution in [0.5, 0.6) is 5.75 Å². The first-order valence-corrected chi connectivity index (χ1v) is 8.48. The molecule has 118 valence electrons. The molecule has 0 amide bonds. The van der Waals surface area contributed by atoms with Crippen molar-refractivity contribution >= 4 is 35.0 Å². The molecule has 0 saturated heterocycles. The first kappa shape index (κ1) is 17.6. The molecule has 4 heteroatoms. The Morgan fingerprint density at radius 1 is 1.14 bits per heavy atom. The molecule has 1 heterocycles. The number of rotatable bonds is 4. The van der Waals surface area contributed by atoms with Crippen molar-refractivity contribution in [2.75, 3.05) is 19.7 Å². The van der Waals surface area contributed by atoms with E-state index < -0.39 is 0 Å². The summed E-state index contributed by atoms with van der Waals surface area (Å²) in [5.41, 5.74) is 4.25. The molecule has 2 nitrogen and oxygen atoms in total. The van der Waals surface area contributed by atoms with Gasteiger partial charge in [0.25, 0.3) is 0 Å². The van der Waals surface area contributed by atoms with Crippen LogP contribution < -0.4 is 4.74 Å². The van der Waals surface area contributed by atoms with Crippen molar-refractivity contribution < 1.29 is 4.74 Å². The molecule has 1 aliphatic rings. The van der Waals surface area contributed by atoms with Gasteiger partial charge in [-0.25, -0.2) is 0 Å². The summed E-state index contributed by atoms with van der Waals surface area (Å²) in [6.07, 6.45) is 1.15. The molecule has 0 aliphatic carbocycles. The van der Waals surface area contributed by atoms with E-state index in [-0.39, 0.29) is 12.4 Å². The van der Waals surface area contributed by atoms with Gasteiger partial charge >= 0.3 is 0 Å². The number of halogens is 2. The van der Waals surface area contributed by atoms with Gasteiger partial charge in [-0.3, -0.25) is 4.90 Å². The average molecular weight is 430 g/mol. The zero-order valence-corrected chi connectivity index (χ0v) is 15.7. The standard InChI is InChI=1S/C18H20INO.ClH/c1-14-6-7-18(17(19)12-14)21-11-10-20-9-8-15-4-2-3-5-16(15)13-20;/h2-7,12H,8-11,13H2,1H3;1H. The third-order valence-electron chi connectivity index (χ3n) is 3.96. The summed E-state index contributed by atoms with van der Waals surface area (Å²) in [7, 11) is 0. The van der Waals surface area contributed by atoms with Crippen LogP contribution in [0.15, 0.2) is 42.5 Å². The highest BCUT2D eigenvalue weighted by Gasteiger charge is 2.15. The summed E-state index contributed by atoms with van der Waals surface area (Å²) in [6.45, 7) is 6.02. The first-order chi connectivity index (χ1) is 10.2. The minimum Gasteiger partial charge on any atom is -0.491 e. The Morgan fingerprint density at radius 2 is 1.91 bits per heavy atom. The molecule has 0 aromatic heterocycles. The predicted molar refractivity (Wildman–Crippen MR) is 102 cm³/mol. The maximum Gasteiger partial charge on any atom is 0.132 e. The van der Waals surface area contributed by atoms with Crippen molar-refractivity contribution in [3.8, 4) is 5.75 Å². The molecule has 0 fully saturated rings. The van der Waals surface area contributed by atoms with Gasteiger partial charge in [0, 0.05) is 19.6 Å². The maximum atomic E-state index is 5.93. The fourth-order valence-corrected chi connectivity index (χ4v) is 3.58. The lowest BCUT2D eigenvalue weighted by molar-refractivity contribution is 0.195. The van der Waals surface area contributed by atoms with Gasteiger partial charge in [0.2, 0.25) is 0 Å². The summed E-state index contributed by atoms with van der Waals surface area (Å²) in [4.78, 5) is 2.48. The normalized spacial score (nSPS) is 14.1. The van der Waals surface area contributed by atoms with Crippen molar-refractivity contribution in [1.29, 1.82) is 0 Å². The van der Waals surface area contributed by atoms with Crippen molar-refractivity contribution in [1.82, 2.24) is 4.90 Å². The molecule has 1 aliphatic heterocycles. The lowest BCUT2D eigenvalue weighted by Crippen LogP contribution is -2.33. The van der Waals surface area contributed by atoms with Crippen LogP contribution in [0.4, 0.5) is 0 Å². The quantitative estimate of drug-likeness (QED) is 0.666. The van der Waals surface area contributed by atoms with E-state index in [9.17, 15) is 0 Å². The van der Waals surface area contributed by atoms with Crippen molar-refractivity contribution in [3.63, 3.8) is 0 Å². The Hall–Kier alpha value is -0.780. The van der Waals surface area contributed by atoms with E-state index in [1.165, 1.54) is 20.3 Å². The zero-order valence-electron chi connectivity index (χ0n) is 12.7. The molecule has 2 aromatic rings. The minimum atomic E-state index is 0. The fourth-order valence-electron chi connectivity index (χ4n) is 2.75. The molecular weight excluding hydrogens is 409 g/mol. The van der Waals surface area contributed by atoms with Gasteiger partial charge in [-0.1, -0.05) is 30.3 Å². The van der Waals surface area contributed by atoms with Crippen LogP contribution in [0, 0.1) is 10.5 Å². The second-order valence-electron chi connectivity index (χ2n) is 5.58. The minimum absolute atomic E-state index is 0. The highest BCUT2D eigenvalue weighted by Crippen LogP contribution is 2.22. The van der Waals surface area contributed by atoms with Gasteiger partial charge in [-0.05, 0) is 64.8 Å². The number of aryl methyl sites for hydroxylation is 1. The summed E-state index contributed by atoms with van der Waals surface area (Å²) < 4.78 is 7.12. The number of ether oxygens (including phenoxy) is 1. The molecule has 0 saturated carbocycles. The van der Waals surface area contributed by atoms with E-state index in [0.29, 0.717) is 0 Å². The Bertz CT molecular complexity index is 632. The molecular formula is C18H21ClINO. The van der Waals surface area contributed by atoms with Crippen LogP contribution in [-0.2, 0) is 13.0 Å². The smallest absolute Gasteiger partial charge is 0.132 e. The lowest BCUT2D eigenvalue weighted by atomic mass is 10.0. The second-order valence-corrected chi connectivity index (χ2v) is 6.74. The number of hydrogen-bond acceptors (Lipinski definition) is 2. The van der Waals surface area contributed by atoms with E-state index in [4.69, 9.17) is 4.74 Å². The van der Waals surface area contributed by atoms with E-state index in [1.807, 2.05) is 0 Å². The average Bonchev–Trinajstić information content (AvgIpc) is 2.49. The fraction of sp³-hybridized carbons (Fsp3) is 0.333. The molecule has 0 unspecified atom stereocenters. The van der Waals surface area contributed by atoms with Crippen molar-refractivity contribution in [3.05, 3.63) is 62.7 Å². The molecule has 0 radical (unpaired) electrons. The lowest BCUT2D eigenvalue weighted by Gasteiger charge is -2.28. The molecule has 0 spiro atoms. The van der Waals surface area contributed by atoms with Crippen molar-refractivity contribution in [2.24, 2.45) is 0 Å². The monoisotopic (exact) mass is 429 g/mol. The number of hydrogen-bond donors (Lipinski definition) is 0. The van der Waals surface area contributed by atoms with Crippen LogP contribution in [0.3, 0.4) is 0 Å². The maximum absolute atomic E-state index is 5.93. The number of fused-ring (bicyclic) bond motifs is 1. The Labute approximate surface area is 152 Å². The largest absolute Gasteiger partial charge is 0.491 e. The summed E-state index contributed by atoms with van der Waals surface area (Å²) in [5, 5.41) is 0. The van der Waals surface area contributed by atoms with Crippen LogP contribution >= 0.6 is 35.0 Å². The van der Waals surface area contributed by atoms with E-state index in [1.54, 1.807) is 0 Å². The third kappa shape index (κ3) is 4.37. The summed E-state index contributed by atoms with van der Waals surface area (Å²) >= 11 is 2.34. The van der Waals surface area contributed by atoms with E-state index in [2.05, 4.69) is 76.9 Å². The van der Waals surface area contributed by atoms with E-state index >= 15 is 0 Å². The molecule has 2 aromatic carbocycles. The van der Waals surface area contributed by atoms with Crippen LogP contribution in [0.1, 0.15) is 16.7 Å². The summed E-state index contributed by atoms with van der Waals surface area (Å²) in [5.74, 6) is 0.999. The van der Waals surface area contributed by atoms with Crippen LogP contribution in [0.25, 0.3) is 0 Å². The first-order valence-electron chi connectivity index (χ1n) is 7.40. The Kier molecular flexibility index (Phi) is 6.53. The highest BCUT2D eigenvalue weighted by molar-refractivity contribution is 14.1. The topological polar surface area (TPSA) is 12.5 Å². The van der Waals surface area contributed by atoms with Gasteiger partial charge in [0.15, 0.2) is 0 Å². The molecule has 3 rings (SSSR count). The number of benzene rings is 2. The van der Waals surface area contributed by atoms with Crippen molar-refractivity contribution in [2.45, 2.75) is 19.9 Å². The van der Waals surface area contributed by atoms with Gasteiger partial charge in [-0.2, -0.15) is 0 Å². The third-order valence-corrected chi connectivity index (χ3v) is 4.81. The Morgan fingerprint density at radius 3 is 2.68 bits per heavy atom. The SMILES string of the molecule is Cc1ccc(OCCN2CCc3ccccc3C2)c(I)c1.Cl. The van der Waals surface area contributed by atoms with E-state index in [0.717, 1.165) is 38.4 Å². The van der Waals surface area contributed by atoms with Gasteiger partial charge in [-0.15, -0.1) is 12.4 Å². The molecule has 0 bridgehead atoms. The van der Waals surface area contributed by atoms with Crippen LogP contribution in [0.2, 0.25) is 0 Å². The predicted octanol–water partition coefficient (Wildman–Crippen LogP) is 4.46. The Balaban J connectivity index is 0.00000176. The molecule has 0 atom stereocenters. The summed E-state index contributed by atoms with van der Waals surface area (Å²) in [6, 6.07) is 15.1. The second kappa shape index (κ2) is 8.18. The van der Waals surface area contributed by atoms with Crippen LogP contribution in [-0.4, -0.2) is 24.6 Å². The van der Waals surface area contributed by atoms with Gasteiger partial charge < -0.3 is 4.74 Å². The highest BCUT2D eigenvalue weighted by atomic mass is 127. The molecule has 0 N–H and O–H groups in total. The zero-order chi connectivity index (χ0) is 14.7. The van der Waals surface area contributed by atoms with Gasteiger partial charge in [0.05, 0.1) is 3.57 Å².